The summed E-state index contributed by atoms with van der Waals surface area (Å²) in [6.45, 7) is 0. The summed E-state index contributed by atoms with van der Waals surface area (Å²) >= 11 is 4.67. The molecule has 51 valence electrons. The molecule has 10 heavy (non-hydrogen) atoms. The monoisotopic (exact) mass is 371 g/mol. The SMILES string of the molecule is [Si]Cc1ccc(I)cc1I. The highest BCUT2D eigenvalue weighted by atomic mass is 127. The van der Waals surface area contributed by atoms with Crippen molar-refractivity contribution in [3.8, 4) is 0 Å². The Morgan fingerprint density at radius 3 is 2.50 bits per heavy atom. The van der Waals surface area contributed by atoms with Crippen LogP contribution in [0.25, 0.3) is 0 Å². The zero-order valence-electron chi connectivity index (χ0n) is 5.20. The summed E-state index contributed by atoms with van der Waals surface area (Å²) in [5.41, 5.74) is 1.36. The van der Waals surface area contributed by atoms with Gasteiger partial charge < -0.3 is 0 Å². The van der Waals surface area contributed by atoms with Crippen LogP contribution in [0.1, 0.15) is 5.56 Å². The van der Waals surface area contributed by atoms with Gasteiger partial charge in [-0.05, 0) is 68.9 Å². The number of benzene rings is 1. The molecule has 1 rings (SSSR count). The number of rotatable bonds is 1. The Morgan fingerprint density at radius 1 is 1.30 bits per heavy atom. The van der Waals surface area contributed by atoms with Crippen molar-refractivity contribution < 1.29 is 0 Å². The molecule has 1 aromatic carbocycles. The molecule has 0 spiro atoms. The lowest BCUT2D eigenvalue weighted by atomic mass is 10.2. The molecule has 0 bridgehead atoms. The van der Waals surface area contributed by atoms with Crippen LogP contribution in [0.5, 0.6) is 0 Å². The first-order chi connectivity index (χ1) is 4.74. The Kier molecular flexibility index (Phi) is 3.65. The third-order valence-electron chi connectivity index (χ3n) is 1.21. The minimum absolute atomic E-state index is 0.940. The minimum Gasteiger partial charge on any atom is -0.0573 e. The second-order valence-electron chi connectivity index (χ2n) is 1.91. The summed E-state index contributed by atoms with van der Waals surface area (Å²) in [5.74, 6) is 0. The van der Waals surface area contributed by atoms with Crippen molar-refractivity contribution >= 4 is 55.4 Å². The van der Waals surface area contributed by atoms with Crippen molar-refractivity contribution in [1.29, 1.82) is 0 Å². The normalized spacial score (nSPS) is 9.90. The smallest absolute Gasteiger partial charge is 0.0284 e. The Balaban J connectivity index is 3.07. The van der Waals surface area contributed by atoms with Crippen molar-refractivity contribution in [3.63, 3.8) is 0 Å². The van der Waals surface area contributed by atoms with E-state index in [1.165, 1.54) is 12.7 Å². The van der Waals surface area contributed by atoms with Gasteiger partial charge in [-0.2, -0.15) is 0 Å². The van der Waals surface area contributed by atoms with Crippen LogP contribution in [-0.2, 0) is 6.04 Å². The predicted octanol–water partition coefficient (Wildman–Crippen LogP) is 2.56. The van der Waals surface area contributed by atoms with Crippen molar-refractivity contribution in [2.24, 2.45) is 0 Å². The highest BCUT2D eigenvalue weighted by Gasteiger charge is 1.95. The summed E-state index contributed by atoms with van der Waals surface area (Å²) in [6, 6.07) is 7.39. The third-order valence-corrected chi connectivity index (χ3v) is 3.26. The van der Waals surface area contributed by atoms with Crippen molar-refractivity contribution in [1.82, 2.24) is 0 Å². The van der Waals surface area contributed by atoms with Gasteiger partial charge in [0.15, 0.2) is 0 Å². The fourth-order valence-corrected chi connectivity index (χ4v) is 3.13. The van der Waals surface area contributed by atoms with E-state index in [1.54, 1.807) is 0 Å². The zero-order valence-corrected chi connectivity index (χ0v) is 10.5. The molecule has 0 unspecified atom stereocenters. The van der Waals surface area contributed by atoms with E-state index >= 15 is 0 Å². The van der Waals surface area contributed by atoms with Gasteiger partial charge in [-0.1, -0.05) is 6.07 Å². The van der Waals surface area contributed by atoms with E-state index in [0.29, 0.717) is 0 Å². The van der Waals surface area contributed by atoms with Gasteiger partial charge in [-0.15, -0.1) is 0 Å². The molecule has 0 saturated heterocycles. The van der Waals surface area contributed by atoms with Crippen molar-refractivity contribution in [2.75, 3.05) is 0 Å². The summed E-state index contributed by atoms with van der Waals surface area (Å²) in [6.07, 6.45) is 0. The molecule has 0 aliphatic heterocycles. The molecule has 0 amide bonds. The lowest BCUT2D eigenvalue weighted by molar-refractivity contribution is 1.35. The third kappa shape index (κ3) is 2.20. The van der Waals surface area contributed by atoms with E-state index in [0.717, 1.165) is 6.04 Å². The van der Waals surface area contributed by atoms with Crippen LogP contribution in [0.15, 0.2) is 18.2 Å². The maximum absolute atomic E-state index is 3.47. The van der Waals surface area contributed by atoms with Crippen LogP contribution in [0.3, 0.4) is 0 Å². The molecule has 0 aromatic heterocycles. The Morgan fingerprint density at radius 2 is 2.00 bits per heavy atom. The number of hydrogen-bond donors (Lipinski definition) is 0. The molecule has 3 radical (unpaired) electrons. The van der Waals surface area contributed by atoms with Gasteiger partial charge in [-0.3, -0.25) is 0 Å². The van der Waals surface area contributed by atoms with Gasteiger partial charge in [-0.25, -0.2) is 0 Å². The van der Waals surface area contributed by atoms with Crippen LogP contribution in [0.4, 0.5) is 0 Å². The highest BCUT2D eigenvalue weighted by Crippen LogP contribution is 2.15. The van der Waals surface area contributed by atoms with Crippen LogP contribution in [0, 0.1) is 7.14 Å². The lowest BCUT2D eigenvalue weighted by Crippen LogP contribution is -1.88. The average Bonchev–Trinajstić information content (AvgIpc) is 1.88. The van der Waals surface area contributed by atoms with Gasteiger partial charge in [0.25, 0.3) is 0 Å². The maximum Gasteiger partial charge on any atom is 0.0284 e. The predicted molar refractivity (Wildman–Crippen MR) is 61.3 cm³/mol. The van der Waals surface area contributed by atoms with E-state index in [-0.39, 0.29) is 0 Å². The Hall–Kier alpha value is 0.897. The molecule has 0 aliphatic rings. The standard InChI is InChI=1S/C7H5I2Si/c8-6-2-1-5(4-10)7(9)3-6/h1-3H,4H2. The first-order valence-corrected chi connectivity index (χ1v) is 5.69. The summed E-state index contributed by atoms with van der Waals surface area (Å²) in [7, 11) is 3.47. The quantitative estimate of drug-likeness (QED) is 0.526. The summed E-state index contributed by atoms with van der Waals surface area (Å²) in [4.78, 5) is 0. The molecule has 0 atom stereocenters. The molecule has 1 aromatic rings. The van der Waals surface area contributed by atoms with E-state index < -0.39 is 0 Å². The average molecular weight is 371 g/mol. The minimum atomic E-state index is 0.940. The second kappa shape index (κ2) is 4.06. The molecule has 3 heteroatoms. The van der Waals surface area contributed by atoms with Crippen LogP contribution in [0.2, 0.25) is 0 Å². The van der Waals surface area contributed by atoms with Crippen molar-refractivity contribution in [3.05, 3.63) is 30.9 Å². The van der Waals surface area contributed by atoms with Crippen molar-refractivity contribution in [2.45, 2.75) is 6.04 Å². The highest BCUT2D eigenvalue weighted by molar-refractivity contribution is 14.1. The Bertz CT molecular complexity index is 235. The Labute approximate surface area is 91.5 Å². The fourth-order valence-electron chi connectivity index (χ4n) is 0.665. The van der Waals surface area contributed by atoms with Gasteiger partial charge in [0.1, 0.15) is 0 Å². The molecule has 0 saturated carbocycles. The topological polar surface area (TPSA) is 0 Å². The summed E-state index contributed by atoms with van der Waals surface area (Å²) < 4.78 is 2.63. The van der Waals surface area contributed by atoms with Gasteiger partial charge in [0.2, 0.25) is 0 Å². The first-order valence-electron chi connectivity index (χ1n) is 2.82. The molecule has 0 heterocycles. The maximum atomic E-state index is 3.47. The fraction of sp³-hybridized carbons (Fsp3) is 0.143. The largest absolute Gasteiger partial charge is 0.0573 e. The van der Waals surface area contributed by atoms with E-state index in [2.05, 4.69) is 73.6 Å². The molecule has 0 aliphatic carbocycles. The van der Waals surface area contributed by atoms with Crippen LogP contribution in [-0.4, -0.2) is 10.2 Å². The zero-order chi connectivity index (χ0) is 7.56. The van der Waals surface area contributed by atoms with E-state index in [4.69, 9.17) is 0 Å². The van der Waals surface area contributed by atoms with Gasteiger partial charge in [0, 0.05) is 17.4 Å². The molecular weight excluding hydrogens is 366 g/mol. The number of hydrogen-bond acceptors (Lipinski definition) is 0. The molecule has 0 fully saturated rings. The number of halogens is 2. The molecule has 0 nitrogen and oxygen atoms in total. The van der Waals surface area contributed by atoms with Crippen LogP contribution >= 0.6 is 45.2 Å². The lowest BCUT2D eigenvalue weighted by Gasteiger charge is -1.99. The van der Waals surface area contributed by atoms with E-state index in [1.807, 2.05) is 0 Å². The van der Waals surface area contributed by atoms with Gasteiger partial charge >= 0.3 is 0 Å². The molecule has 0 N–H and O–H groups in total. The van der Waals surface area contributed by atoms with Crippen LogP contribution < -0.4 is 0 Å². The molecular formula is C7H5I2Si. The van der Waals surface area contributed by atoms with Gasteiger partial charge in [0.05, 0.1) is 0 Å². The first kappa shape index (κ1) is 8.99. The van der Waals surface area contributed by atoms with E-state index in [9.17, 15) is 0 Å². The second-order valence-corrected chi connectivity index (χ2v) is 4.67. The summed E-state index contributed by atoms with van der Waals surface area (Å²) in [5, 5.41) is 0.